The highest BCUT2D eigenvalue weighted by atomic mass is 32.2. The summed E-state index contributed by atoms with van der Waals surface area (Å²) in [5.41, 5.74) is 1.22. The van der Waals surface area contributed by atoms with Crippen molar-refractivity contribution in [1.29, 1.82) is 0 Å². The number of thiocarbonyl (C=S) groups is 1. The third-order valence-corrected chi connectivity index (χ3v) is 7.91. The Hall–Kier alpha value is -2.01. The molecule has 1 aliphatic rings. The lowest BCUT2D eigenvalue weighted by atomic mass is 10.1. The maximum atomic E-state index is 12.6. The lowest BCUT2D eigenvalue weighted by molar-refractivity contribution is -0.122. The van der Waals surface area contributed by atoms with Crippen LogP contribution in [0, 0.1) is 13.8 Å². The van der Waals surface area contributed by atoms with Gasteiger partial charge in [0.15, 0.2) is 0 Å². The lowest BCUT2D eigenvalue weighted by Gasteiger charge is -2.14. The van der Waals surface area contributed by atoms with Crippen LogP contribution in [0.25, 0.3) is 6.08 Å². The predicted molar refractivity (Wildman–Crippen MR) is 132 cm³/mol. The first-order chi connectivity index (χ1) is 14.8. The van der Waals surface area contributed by atoms with E-state index in [2.05, 4.69) is 5.32 Å². The normalized spacial score (nSPS) is 15.1. The van der Waals surface area contributed by atoms with Gasteiger partial charge >= 0.3 is 5.97 Å². The molecule has 1 saturated heterocycles. The third kappa shape index (κ3) is 5.62. The summed E-state index contributed by atoms with van der Waals surface area (Å²) in [5, 5.41) is 5.28. The molecular weight excluding hydrogens is 473 g/mol. The highest BCUT2D eigenvalue weighted by Crippen LogP contribution is 2.34. The first-order valence-corrected chi connectivity index (χ1v) is 12.6. The van der Waals surface area contributed by atoms with Gasteiger partial charge < -0.3 is 10.1 Å². The van der Waals surface area contributed by atoms with E-state index in [4.69, 9.17) is 17.0 Å². The topological polar surface area (TPSA) is 75.7 Å². The van der Waals surface area contributed by atoms with Gasteiger partial charge in [-0.3, -0.25) is 14.5 Å². The summed E-state index contributed by atoms with van der Waals surface area (Å²) in [4.78, 5) is 41.4. The van der Waals surface area contributed by atoms with Gasteiger partial charge in [0.25, 0.3) is 5.91 Å². The van der Waals surface area contributed by atoms with Gasteiger partial charge in [0.05, 0.1) is 17.1 Å². The Balaban J connectivity index is 1.56. The Bertz CT molecular complexity index is 1040. The van der Waals surface area contributed by atoms with Crippen molar-refractivity contribution < 1.29 is 19.1 Å². The summed E-state index contributed by atoms with van der Waals surface area (Å²) >= 11 is 9.54. The maximum absolute atomic E-state index is 12.6. The standard InChI is InChI=1S/C21H22N2O4S4/c1-4-27-20(26)17-12(2)13(3)30-18(17)22-16(24)8-5-9-23-19(25)15(31-21(23)28)11-14-7-6-10-29-14/h6-7,10-11H,4-5,8-9H2,1-3H3,(H,22,24). The molecule has 1 N–H and O–H groups in total. The van der Waals surface area contributed by atoms with E-state index in [1.165, 1.54) is 28.0 Å². The largest absolute Gasteiger partial charge is 0.462 e. The fourth-order valence-electron chi connectivity index (χ4n) is 2.95. The Morgan fingerprint density at radius 1 is 1.32 bits per heavy atom. The smallest absolute Gasteiger partial charge is 0.341 e. The molecule has 0 aliphatic carbocycles. The van der Waals surface area contributed by atoms with Crippen LogP contribution in [0.5, 0.6) is 0 Å². The molecule has 0 unspecified atom stereocenters. The minimum atomic E-state index is -0.435. The van der Waals surface area contributed by atoms with Crippen molar-refractivity contribution in [3.05, 3.63) is 43.3 Å². The van der Waals surface area contributed by atoms with Crippen LogP contribution in [-0.4, -0.2) is 40.2 Å². The van der Waals surface area contributed by atoms with Gasteiger partial charge in [0.1, 0.15) is 9.32 Å². The summed E-state index contributed by atoms with van der Waals surface area (Å²) in [6.07, 6.45) is 2.51. The van der Waals surface area contributed by atoms with Gasteiger partial charge in [-0.25, -0.2) is 4.79 Å². The molecule has 0 radical (unpaired) electrons. The number of aryl methyl sites for hydroxylation is 1. The molecule has 1 fully saturated rings. The molecule has 3 heterocycles. The number of nitrogens with zero attached hydrogens (tertiary/aromatic N) is 1. The van der Waals surface area contributed by atoms with E-state index < -0.39 is 5.97 Å². The number of hydrogen-bond acceptors (Lipinski definition) is 8. The van der Waals surface area contributed by atoms with E-state index in [0.29, 0.717) is 32.8 Å². The fraction of sp³-hybridized carbons (Fsp3) is 0.333. The lowest BCUT2D eigenvalue weighted by Crippen LogP contribution is -2.29. The zero-order chi connectivity index (χ0) is 22.5. The minimum Gasteiger partial charge on any atom is -0.462 e. The number of anilines is 1. The molecule has 2 aromatic heterocycles. The van der Waals surface area contributed by atoms with Gasteiger partial charge in [-0.05, 0) is 50.3 Å². The predicted octanol–water partition coefficient (Wildman–Crippen LogP) is 5.22. The van der Waals surface area contributed by atoms with Crippen molar-refractivity contribution in [2.45, 2.75) is 33.6 Å². The Kier molecular flexibility index (Phi) is 8.04. The molecule has 0 spiro atoms. The quantitative estimate of drug-likeness (QED) is 0.308. The summed E-state index contributed by atoms with van der Waals surface area (Å²) in [7, 11) is 0. The molecule has 1 aliphatic heterocycles. The van der Waals surface area contributed by atoms with Crippen LogP contribution in [0.4, 0.5) is 5.00 Å². The average molecular weight is 495 g/mol. The molecule has 31 heavy (non-hydrogen) atoms. The summed E-state index contributed by atoms with van der Waals surface area (Å²) in [6, 6.07) is 3.87. The third-order valence-electron chi connectivity index (χ3n) is 4.59. The summed E-state index contributed by atoms with van der Waals surface area (Å²) in [5.74, 6) is -0.779. The van der Waals surface area contributed by atoms with E-state index >= 15 is 0 Å². The number of nitrogens with one attached hydrogen (secondary N) is 1. The number of rotatable bonds is 8. The second-order valence-corrected chi connectivity index (χ2v) is 10.6. The molecule has 164 valence electrons. The minimum absolute atomic E-state index is 0.127. The summed E-state index contributed by atoms with van der Waals surface area (Å²) in [6.45, 7) is 6.12. The van der Waals surface area contributed by atoms with E-state index in [1.807, 2.05) is 37.4 Å². The molecule has 0 saturated carbocycles. The van der Waals surface area contributed by atoms with Crippen LogP contribution in [0.15, 0.2) is 22.4 Å². The number of carbonyl (C=O) groups is 3. The Morgan fingerprint density at radius 3 is 2.77 bits per heavy atom. The fourth-order valence-corrected chi connectivity index (χ4v) is 6.04. The average Bonchev–Trinajstić information content (AvgIpc) is 3.38. The number of esters is 1. The molecular formula is C21H22N2O4S4. The van der Waals surface area contributed by atoms with Gasteiger partial charge in [-0.15, -0.1) is 22.7 Å². The highest BCUT2D eigenvalue weighted by molar-refractivity contribution is 8.26. The van der Waals surface area contributed by atoms with Crippen molar-refractivity contribution in [2.75, 3.05) is 18.5 Å². The van der Waals surface area contributed by atoms with Gasteiger partial charge in [-0.2, -0.15) is 0 Å². The number of thioether (sulfide) groups is 1. The molecule has 0 aromatic carbocycles. The number of hydrogen-bond donors (Lipinski definition) is 1. The van der Waals surface area contributed by atoms with Crippen LogP contribution in [0.1, 0.15) is 45.4 Å². The number of carbonyl (C=O) groups excluding carboxylic acids is 3. The van der Waals surface area contributed by atoms with Crippen LogP contribution in [-0.2, 0) is 14.3 Å². The van der Waals surface area contributed by atoms with E-state index in [1.54, 1.807) is 18.3 Å². The van der Waals surface area contributed by atoms with Gasteiger partial charge in [0, 0.05) is 22.7 Å². The summed E-state index contributed by atoms with van der Waals surface area (Å²) < 4.78 is 5.62. The van der Waals surface area contributed by atoms with Gasteiger partial charge in [0.2, 0.25) is 5.91 Å². The van der Waals surface area contributed by atoms with Crippen molar-refractivity contribution in [2.24, 2.45) is 0 Å². The number of thiophene rings is 2. The molecule has 2 aromatic rings. The molecule has 0 atom stereocenters. The van der Waals surface area contributed by atoms with Crippen LogP contribution < -0.4 is 5.32 Å². The number of ether oxygens (including phenoxy) is 1. The van der Waals surface area contributed by atoms with Crippen molar-refractivity contribution in [1.82, 2.24) is 4.90 Å². The van der Waals surface area contributed by atoms with Crippen LogP contribution >= 0.6 is 46.7 Å². The van der Waals surface area contributed by atoms with E-state index in [0.717, 1.165) is 15.3 Å². The van der Waals surface area contributed by atoms with Gasteiger partial charge in [-0.1, -0.05) is 30.0 Å². The SMILES string of the molecule is CCOC(=O)c1c(NC(=O)CCCN2C(=O)C(=Cc3cccs3)SC2=S)sc(C)c1C. The second kappa shape index (κ2) is 10.5. The first kappa shape index (κ1) is 23.6. The Labute approximate surface area is 198 Å². The first-order valence-electron chi connectivity index (χ1n) is 9.67. The zero-order valence-electron chi connectivity index (χ0n) is 17.4. The molecule has 2 amide bonds. The van der Waals surface area contributed by atoms with E-state index in [9.17, 15) is 14.4 Å². The number of amides is 2. The highest BCUT2D eigenvalue weighted by Gasteiger charge is 2.31. The van der Waals surface area contributed by atoms with Crippen LogP contribution in [0.3, 0.4) is 0 Å². The molecule has 3 rings (SSSR count). The second-order valence-electron chi connectivity index (χ2n) is 6.71. The van der Waals surface area contributed by atoms with Crippen molar-refractivity contribution >= 4 is 79.8 Å². The van der Waals surface area contributed by atoms with E-state index in [-0.39, 0.29) is 24.8 Å². The maximum Gasteiger partial charge on any atom is 0.341 e. The van der Waals surface area contributed by atoms with Crippen LogP contribution in [0.2, 0.25) is 0 Å². The zero-order valence-corrected chi connectivity index (χ0v) is 20.6. The van der Waals surface area contributed by atoms with Crippen molar-refractivity contribution in [3.8, 4) is 0 Å². The molecule has 0 bridgehead atoms. The van der Waals surface area contributed by atoms with Crippen molar-refractivity contribution in [3.63, 3.8) is 0 Å². The molecule has 10 heteroatoms. The molecule has 6 nitrogen and oxygen atoms in total. The Morgan fingerprint density at radius 2 is 2.10 bits per heavy atom. The monoisotopic (exact) mass is 494 g/mol.